The highest BCUT2D eigenvalue weighted by Crippen LogP contribution is 2.13. The fourth-order valence-electron chi connectivity index (χ4n) is 1.39. The molecule has 1 rings (SSSR count). The summed E-state index contributed by atoms with van der Waals surface area (Å²) in [6, 6.07) is 6.38. The zero-order valence-electron chi connectivity index (χ0n) is 12.5. The monoisotopic (exact) mass is 311 g/mol. The topological polar surface area (TPSA) is 75.6 Å². The van der Waals surface area contributed by atoms with Gasteiger partial charge in [0, 0.05) is 25.6 Å². The van der Waals surface area contributed by atoms with Crippen molar-refractivity contribution in [2.24, 2.45) is 0 Å². The maximum atomic E-state index is 12.2. The second-order valence-electron chi connectivity index (χ2n) is 5.09. The van der Waals surface area contributed by atoms with Gasteiger partial charge < -0.3 is 9.84 Å². The van der Waals surface area contributed by atoms with Crippen molar-refractivity contribution in [3.05, 3.63) is 29.8 Å². The van der Waals surface area contributed by atoms with Crippen LogP contribution in [0.4, 0.5) is 0 Å². The number of methoxy groups -OCH3 is 1. The lowest BCUT2D eigenvalue weighted by atomic mass is 10.1. The molecular formula is C15H21NO4S. The summed E-state index contributed by atoms with van der Waals surface area (Å²) >= 11 is 0. The summed E-state index contributed by atoms with van der Waals surface area (Å²) in [7, 11) is -2.07. The van der Waals surface area contributed by atoms with E-state index >= 15 is 0 Å². The quantitative estimate of drug-likeness (QED) is 0.772. The molecule has 0 aliphatic rings. The van der Waals surface area contributed by atoms with Crippen molar-refractivity contribution in [1.29, 1.82) is 0 Å². The summed E-state index contributed by atoms with van der Waals surface area (Å²) in [5, 5.41) is 8.68. The van der Waals surface area contributed by atoms with Gasteiger partial charge in [-0.15, -0.1) is 0 Å². The van der Waals surface area contributed by atoms with E-state index in [0.717, 1.165) is 0 Å². The lowest BCUT2D eigenvalue weighted by Crippen LogP contribution is -2.39. The Labute approximate surface area is 126 Å². The number of hydrogen-bond donors (Lipinski definition) is 2. The highest BCUT2D eigenvalue weighted by atomic mass is 32.2. The van der Waals surface area contributed by atoms with Crippen LogP contribution in [-0.2, 0) is 14.8 Å². The van der Waals surface area contributed by atoms with Gasteiger partial charge in [-0.25, -0.2) is 13.1 Å². The molecule has 1 aromatic carbocycles. The van der Waals surface area contributed by atoms with Crippen LogP contribution in [0.15, 0.2) is 29.2 Å². The van der Waals surface area contributed by atoms with Crippen LogP contribution in [0, 0.1) is 11.8 Å². The highest BCUT2D eigenvalue weighted by Gasteiger charge is 2.21. The van der Waals surface area contributed by atoms with Crippen LogP contribution in [-0.4, -0.2) is 39.4 Å². The average Bonchev–Trinajstić information content (AvgIpc) is 2.46. The van der Waals surface area contributed by atoms with Gasteiger partial charge in [-0.05, 0) is 32.0 Å². The van der Waals surface area contributed by atoms with Gasteiger partial charge in [-0.3, -0.25) is 0 Å². The molecule has 116 valence electrons. The summed E-state index contributed by atoms with van der Waals surface area (Å²) in [4.78, 5) is 0.158. The van der Waals surface area contributed by atoms with Crippen LogP contribution in [0.2, 0.25) is 0 Å². The third kappa shape index (κ3) is 5.86. The van der Waals surface area contributed by atoms with E-state index in [-0.39, 0.29) is 18.0 Å². The summed E-state index contributed by atoms with van der Waals surface area (Å²) < 4.78 is 32.1. The smallest absolute Gasteiger partial charge is 0.240 e. The Kier molecular flexibility index (Phi) is 6.37. The van der Waals surface area contributed by atoms with Crippen LogP contribution in [0.5, 0.6) is 0 Å². The van der Waals surface area contributed by atoms with Gasteiger partial charge in [0.2, 0.25) is 10.0 Å². The first-order valence-electron chi connectivity index (χ1n) is 6.55. The third-order valence-electron chi connectivity index (χ3n) is 2.85. The van der Waals surface area contributed by atoms with Gasteiger partial charge in [-0.1, -0.05) is 17.9 Å². The fourth-order valence-corrected chi connectivity index (χ4v) is 2.63. The zero-order valence-corrected chi connectivity index (χ0v) is 13.3. The minimum Gasteiger partial charge on any atom is -0.395 e. The molecule has 1 aromatic rings. The Morgan fingerprint density at radius 1 is 1.38 bits per heavy atom. The van der Waals surface area contributed by atoms with E-state index in [1.165, 1.54) is 19.2 Å². The largest absolute Gasteiger partial charge is 0.395 e. The predicted molar refractivity (Wildman–Crippen MR) is 81.3 cm³/mol. The number of rotatable bonds is 6. The lowest BCUT2D eigenvalue weighted by molar-refractivity contribution is 0.0276. The Morgan fingerprint density at radius 3 is 2.71 bits per heavy atom. The van der Waals surface area contributed by atoms with Gasteiger partial charge in [0.05, 0.1) is 17.1 Å². The minimum atomic E-state index is -3.60. The van der Waals surface area contributed by atoms with Crippen LogP contribution in [0.3, 0.4) is 0 Å². The molecule has 0 unspecified atom stereocenters. The fraction of sp³-hybridized carbons (Fsp3) is 0.467. The number of aliphatic hydroxyl groups excluding tert-OH is 1. The molecule has 0 aliphatic carbocycles. The Hall–Kier alpha value is -1.39. The van der Waals surface area contributed by atoms with E-state index in [0.29, 0.717) is 12.0 Å². The van der Waals surface area contributed by atoms with Crippen molar-refractivity contribution in [2.45, 2.75) is 30.8 Å². The second-order valence-corrected chi connectivity index (χ2v) is 6.86. The molecule has 0 amide bonds. The first-order valence-corrected chi connectivity index (χ1v) is 8.04. The van der Waals surface area contributed by atoms with Crippen LogP contribution >= 0.6 is 0 Å². The van der Waals surface area contributed by atoms with Crippen molar-refractivity contribution in [3.63, 3.8) is 0 Å². The van der Waals surface area contributed by atoms with Crippen molar-refractivity contribution in [2.75, 3.05) is 20.3 Å². The van der Waals surface area contributed by atoms with Gasteiger partial charge >= 0.3 is 0 Å². The summed E-state index contributed by atoms with van der Waals surface area (Å²) in [6.07, 6.45) is 0.358. The SMILES string of the molecule is COC(C)(C)CNS(=O)(=O)c1cccc(C#CCCO)c1. The number of sulfonamides is 1. The number of aliphatic hydroxyl groups is 1. The molecule has 0 atom stereocenters. The minimum absolute atomic E-state index is 0.0152. The van der Waals surface area contributed by atoms with Gasteiger partial charge in [0.25, 0.3) is 0 Å². The van der Waals surface area contributed by atoms with E-state index in [4.69, 9.17) is 9.84 Å². The van der Waals surface area contributed by atoms with Gasteiger partial charge in [-0.2, -0.15) is 0 Å². The maximum Gasteiger partial charge on any atom is 0.240 e. The van der Waals surface area contributed by atoms with Crippen LogP contribution < -0.4 is 4.72 Å². The van der Waals surface area contributed by atoms with E-state index in [9.17, 15) is 8.42 Å². The van der Waals surface area contributed by atoms with Gasteiger partial charge in [0.15, 0.2) is 0 Å². The van der Waals surface area contributed by atoms with Crippen molar-refractivity contribution >= 4 is 10.0 Å². The molecule has 0 aromatic heterocycles. The van der Waals surface area contributed by atoms with Crippen molar-refractivity contribution < 1.29 is 18.3 Å². The van der Waals surface area contributed by atoms with Crippen LogP contribution in [0.1, 0.15) is 25.8 Å². The molecule has 0 bridgehead atoms. The second kappa shape index (κ2) is 7.57. The molecule has 0 fully saturated rings. The molecule has 0 saturated carbocycles. The first kappa shape index (κ1) is 17.7. The average molecular weight is 311 g/mol. The first-order chi connectivity index (χ1) is 9.80. The van der Waals surface area contributed by atoms with E-state index in [1.54, 1.807) is 26.0 Å². The summed E-state index contributed by atoms with van der Waals surface area (Å²) in [5.41, 5.74) is 0.0170. The van der Waals surface area contributed by atoms with Gasteiger partial charge in [0.1, 0.15) is 0 Å². The predicted octanol–water partition coefficient (Wildman–Crippen LogP) is 1.12. The number of hydrogen-bond acceptors (Lipinski definition) is 4. The standard InChI is InChI=1S/C15H21NO4S/c1-15(2,20-3)12-16-21(18,19)14-9-6-8-13(11-14)7-4-5-10-17/h6,8-9,11,16-17H,5,10,12H2,1-3H3. The molecule has 0 saturated heterocycles. The molecule has 21 heavy (non-hydrogen) atoms. The Bertz CT molecular complexity index is 627. The third-order valence-corrected chi connectivity index (χ3v) is 4.25. The summed E-state index contributed by atoms with van der Waals surface area (Å²) in [6.45, 7) is 3.75. The van der Waals surface area contributed by atoms with E-state index < -0.39 is 15.6 Å². The molecule has 6 heteroatoms. The zero-order chi connectivity index (χ0) is 15.9. The molecular weight excluding hydrogens is 290 g/mol. The number of ether oxygens (including phenoxy) is 1. The molecule has 0 spiro atoms. The van der Waals surface area contributed by atoms with Crippen molar-refractivity contribution in [1.82, 2.24) is 4.72 Å². The molecule has 2 N–H and O–H groups in total. The van der Waals surface area contributed by atoms with Crippen molar-refractivity contribution in [3.8, 4) is 11.8 Å². The molecule has 0 aliphatic heterocycles. The number of benzene rings is 1. The highest BCUT2D eigenvalue weighted by molar-refractivity contribution is 7.89. The molecule has 0 radical (unpaired) electrons. The Balaban J connectivity index is 2.89. The lowest BCUT2D eigenvalue weighted by Gasteiger charge is -2.23. The normalized spacial score (nSPS) is 11.8. The van der Waals surface area contributed by atoms with E-state index in [1.807, 2.05) is 0 Å². The molecule has 5 nitrogen and oxygen atoms in total. The Morgan fingerprint density at radius 2 is 2.10 bits per heavy atom. The van der Waals surface area contributed by atoms with E-state index in [2.05, 4.69) is 16.6 Å². The maximum absolute atomic E-state index is 12.2. The molecule has 0 heterocycles. The summed E-state index contributed by atoms with van der Waals surface area (Å²) in [5.74, 6) is 5.57. The number of nitrogens with one attached hydrogen (secondary N) is 1. The van der Waals surface area contributed by atoms with Crippen LogP contribution in [0.25, 0.3) is 0 Å².